The van der Waals surface area contributed by atoms with Crippen LogP contribution in [0, 0.1) is 0 Å². The van der Waals surface area contributed by atoms with Gasteiger partial charge in [-0.15, -0.1) is 0 Å². The van der Waals surface area contributed by atoms with Crippen molar-refractivity contribution < 1.29 is 0 Å². The number of piperidine rings is 1. The monoisotopic (exact) mass is 416 g/mol. The van der Waals surface area contributed by atoms with Gasteiger partial charge in [-0.2, -0.15) is 0 Å². The summed E-state index contributed by atoms with van der Waals surface area (Å²) in [5.41, 5.74) is 2.64. The first kappa shape index (κ1) is 19.9. The lowest BCUT2D eigenvalue weighted by Gasteiger charge is -2.54. The van der Waals surface area contributed by atoms with Crippen molar-refractivity contribution in [2.45, 2.75) is 31.2 Å². The second kappa shape index (κ2) is 8.23. The smallest absolute Gasteiger partial charge is 0.255 e. The van der Waals surface area contributed by atoms with E-state index in [1.807, 2.05) is 7.05 Å². The van der Waals surface area contributed by atoms with Gasteiger partial charge >= 0.3 is 0 Å². The summed E-state index contributed by atoms with van der Waals surface area (Å²) in [6, 6.07) is 14.1. The molecule has 0 bridgehead atoms. The van der Waals surface area contributed by atoms with E-state index in [1.165, 1.54) is 24.7 Å². The predicted octanol–water partition coefficient (Wildman–Crippen LogP) is 2.52. The van der Waals surface area contributed by atoms with Gasteiger partial charge in [0.2, 0.25) is 5.95 Å². The van der Waals surface area contributed by atoms with E-state index >= 15 is 0 Å². The molecule has 5 rings (SSSR count). The Hall–Kier alpha value is -3.06. The van der Waals surface area contributed by atoms with Gasteiger partial charge in [0, 0.05) is 44.5 Å². The molecular weight excluding hydrogens is 388 g/mol. The summed E-state index contributed by atoms with van der Waals surface area (Å²) in [7, 11) is 1.81. The highest BCUT2D eigenvalue weighted by Crippen LogP contribution is 2.36. The Morgan fingerprint density at radius 2 is 1.90 bits per heavy atom. The average Bonchev–Trinajstić information content (AvgIpc) is 2.81. The van der Waals surface area contributed by atoms with Crippen molar-refractivity contribution in [3.8, 4) is 11.4 Å². The van der Waals surface area contributed by atoms with Crippen molar-refractivity contribution in [1.82, 2.24) is 24.4 Å². The molecule has 1 aromatic carbocycles. The number of anilines is 1. The van der Waals surface area contributed by atoms with Crippen molar-refractivity contribution in [3.63, 3.8) is 0 Å². The largest absolute Gasteiger partial charge is 0.339 e. The number of rotatable bonds is 4. The minimum Gasteiger partial charge on any atom is -0.339 e. The summed E-state index contributed by atoms with van der Waals surface area (Å²) < 4.78 is 1.67. The standard InChI is InChI=1S/C24H28N6O/c1-28-22(31)15-21(20-9-11-25-18-26-20)27-23(28)29-13-14-30-12-6-5-10-24(30,17-29)16-19-7-3-2-4-8-19/h2-4,7-9,11,15,18H,5-6,10,12-14,16-17H2,1H3. The lowest BCUT2D eigenvalue weighted by molar-refractivity contribution is 0.0346. The van der Waals surface area contributed by atoms with Crippen LogP contribution < -0.4 is 10.5 Å². The molecule has 4 heterocycles. The first-order chi connectivity index (χ1) is 15.1. The van der Waals surface area contributed by atoms with E-state index in [-0.39, 0.29) is 11.1 Å². The molecule has 0 N–H and O–H groups in total. The minimum absolute atomic E-state index is 0.0678. The molecule has 7 nitrogen and oxygen atoms in total. The molecule has 2 fully saturated rings. The zero-order valence-corrected chi connectivity index (χ0v) is 17.9. The third-order valence-electron chi connectivity index (χ3n) is 6.73. The van der Waals surface area contributed by atoms with Crippen LogP contribution in [0.15, 0.2) is 59.8 Å². The number of piperazine rings is 1. The summed E-state index contributed by atoms with van der Waals surface area (Å²) in [4.78, 5) is 30.9. The first-order valence-corrected chi connectivity index (χ1v) is 11.0. The second-order valence-electron chi connectivity index (χ2n) is 8.69. The number of aromatic nitrogens is 4. The van der Waals surface area contributed by atoms with E-state index in [4.69, 9.17) is 4.98 Å². The lowest BCUT2D eigenvalue weighted by atomic mass is 9.79. The van der Waals surface area contributed by atoms with E-state index in [9.17, 15) is 4.79 Å². The molecule has 0 spiro atoms. The van der Waals surface area contributed by atoms with Gasteiger partial charge in [-0.25, -0.2) is 15.0 Å². The SMILES string of the molecule is Cn1c(N2CCN3CCCCC3(Cc3ccccc3)C2)nc(-c2ccncn2)cc1=O. The Kier molecular flexibility index (Phi) is 5.28. The zero-order chi connectivity index (χ0) is 21.3. The molecule has 31 heavy (non-hydrogen) atoms. The molecule has 2 saturated heterocycles. The summed E-state index contributed by atoms with van der Waals surface area (Å²) in [6.07, 6.45) is 7.85. The third-order valence-corrected chi connectivity index (χ3v) is 6.73. The van der Waals surface area contributed by atoms with Gasteiger partial charge in [0.15, 0.2) is 0 Å². The number of nitrogens with zero attached hydrogens (tertiary/aromatic N) is 6. The van der Waals surface area contributed by atoms with Gasteiger partial charge < -0.3 is 4.90 Å². The quantitative estimate of drug-likeness (QED) is 0.651. The van der Waals surface area contributed by atoms with Gasteiger partial charge in [0.05, 0.1) is 11.4 Å². The molecule has 2 aromatic heterocycles. The molecule has 3 aromatic rings. The molecule has 1 unspecified atom stereocenters. The van der Waals surface area contributed by atoms with Crippen LogP contribution in [0.2, 0.25) is 0 Å². The Labute approximate surface area is 182 Å². The lowest BCUT2D eigenvalue weighted by Crippen LogP contribution is -2.65. The molecule has 160 valence electrons. The minimum atomic E-state index is -0.0678. The molecule has 0 amide bonds. The highest BCUT2D eigenvalue weighted by molar-refractivity contribution is 5.55. The van der Waals surface area contributed by atoms with Gasteiger partial charge in [-0.1, -0.05) is 36.8 Å². The van der Waals surface area contributed by atoms with Crippen LogP contribution in [-0.4, -0.2) is 56.1 Å². The van der Waals surface area contributed by atoms with E-state index in [0.29, 0.717) is 11.4 Å². The van der Waals surface area contributed by atoms with E-state index in [1.54, 1.807) is 22.9 Å². The molecule has 0 radical (unpaired) electrons. The average molecular weight is 417 g/mol. The Balaban J connectivity index is 1.51. The number of hydrogen-bond donors (Lipinski definition) is 0. The fourth-order valence-corrected chi connectivity index (χ4v) is 5.14. The summed E-state index contributed by atoms with van der Waals surface area (Å²) >= 11 is 0. The van der Waals surface area contributed by atoms with Crippen LogP contribution in [0.3, 0.4) is 0 Å². The molecule has 0 saturated carbocycles. The van der Waals surface area contributed by atoms with Gasteiger partial charge in [-0.05, 0) is 37.4 Å². The maximum absolute atomic E-state index is 12.8. The van der Waals surface area contributed by atoms with Crippen LogP contribution >= 0.6 is 0 Å². The van der Waals surface area contributed by atoms with Crippen LogP contribution in [0.25, 0.3) is 11.4 Å². The molecule has 7 heteroatoms. The first-order valence-electron chi connectivity index (χ1n) is 11.0. The highest BCUT2D eigenvalue weighted by Gasteiger charge is 2.43. The number of hydrogen-bond acceptors (Lipinski definition) is 6. The van der Waals surface area contributed by atoms with Crippen molar-refractivity contribution >= 4 is 5.95 Å². The highest BCUT2D eigenvalue weighted by atomic mass is 16.1. The van der Waals surface area contributed by atoms with Crippen LogP contribution in [0.1, 0.15) is 24.8 Å². The van der Waals surface area contributed by atoms with Crippen molar-refractivity contribution in [1.29, 1.82) is 0 Å². The van der Waals surface area contributed by atoms with Crippen LogP contribution in [0.5, 0.6) is 0 Å². The molecule has 2 aliphatic heterocycles. The van der Waals surface area contributed by atoms with Gasteiger partial charge in [-0.3, -0.25) is 14.3 Å². The van der Waals surface area contributed by atoms with E-state index in [2.05, 4.69) is 50.1 Å². The predicted molar refractivity (Wildman–Crippen MR) is 121 cm³/mol. The maximum atomic E-state index is 12.8. The Bertz CT molecular complexity index is 1100. The fourth-order valence-electron chi connectivity index (χ4n) is 5.14. The Morgan fingerprint density at radius 1 is 1.03 bits per heavy atom. The fraction of sp³-hybridized carbons (Fsp3) is 0.417. The van der Waals surface area contributed by atoms with Crippen LogP contribution in [-0.2, 0) is 13.5 Å². The molecule has 1 atom stereocenters. The molecule has 2 aliphatic rings. The Morgan fingerprint density at radius 3 is 2.71 bits per heavy atom. The number of fused-ring (bicyclic) bond motifs is 1. The molecule has 0 aliphatic carbocycles. The van der Waals surface area contributed by atoms with Crippen molar-refractivity contribution in [3.05, 3.63) is 70.9 Å². The normalized spacial score (nSPS) is 21.6. The van der Waals surface area contributed by atoms with Crippen LogP contribution in [0.4, 0.5) is 5.95 Å². The number of benzene rings is 1. The van der Waals surface area contributed by atoms with E-state index < -0.39 is 0 Å². The topological polar surface area (TPSA) is 67.2 Å². The summed E-state index contributed by atoms with van der Waals surface area (Å²) in [6.45, 7) is 3.87. The van der Waals surface area contributed by atoms with E-state index in [0.717, 1.165) is 45.0 Å². The van der Waals surface area contributed by atoms with Gasteiger partial charge in [0.25, 0.3) is 5.56 Å². The summed E-state index contributed by atoms with van der Waals surface area (Å²) in [5.74, 6) is 0.721. The maximum Gasteiger partial charge on any atom is 0.255 e. The van der Waals surface area contributed by atoms with Gasteiger partial charge in [0.1, 0.15) is 6.33 Å². The third kappa shape index (κ3) is 3.85. The van der Waals surface area contributed by atoms with Crippen molar-refractivity contribution in [2.75, 3.05) is 31.1 Å². The van der Waals surface area contributed by atoms with Crippen molar-refractivity contribution in [2.24, 2.45) is 7.05 Å². The summed E-state index contributed by atoms with van der Waals surface area (Å²) in [5, 5.41) is 0. The molecular formula is C24H28N6O. The second-order valence-corrected chi connectivity index (χ2v) is 8.69. The zero-order valence-electron chi connectivity index (χ0n) is 17.9.